The van der Waals surface area contributed by atoms with Crippen LogP contribution in [0.4, 0.5) is 27.5 Å². The minimum atomic E-state index is -4.05. The van der Waals surface area contributed by atoms with Crippen molar-refractivity contribution in [2.45, 2.75) is 11.8 Å². The molecule has 0 bridgehead atoms. The van der Waals surface area contributed by atoms with E-state index < -0.39 is 15.8 Å². The Labute approximate surface area is 191 Å². The Hall–Kier alpha value is -3.44. The Morgan fingerprint density at radius 1 is 1.03 bits per heavy atom. The summed E-state index contributed by atoms with van der Waals surface area (Å²) in [4.78, 5) is 10.9. The average molecular weight is 474 g/mol. The van der Waals surface area contributed by atoms with Crippen LogP contribution in [0.25, 0.3) is 0 Å². The summed E-state index contributed by atoms with van der Waals surface area (Å²) in [5, 5.41) is 3.14. The highest BCUT2D eigenvalue weighted by Gasteiger charge is 2.21. The number of aryl methyl sites for hydroxylation is 1. The standard InChI is InChI=1S/C22H24FN5O4S/c1-15-13-21(28-9-11-32-12-10-28)26-22(24-15)25-17-4-6-18(7-5-17)27-33(29,30)20-14-16(23)3-8-19(20)31-2/h3-8,13-14,27H,9-12H2,1-2H3,(H,24,25,26). The molecule has 2 aromatic carbocycles. The number of aromatic nitrogens is 2. The molecule has 9 nitrogen and oxygen atoms in total. The second-order valence-corrected chi connectivity index (χ2v) is 9.04. The maximum absolute atomic E-state index is 13.6. The van der Waals surface area contributed by atoms with Crippen molar-refractivity contribution < 1.29 is 22.3 Å². The molecular weight excluding hydrogens is 449 g/mol. The first-order valence-electron chi connectivity index (χ1n) is 10.3. The van der Waals surface area contributed by atoms with E-state index in [4.69, 9.17) is 9.47 Å². The zero-order valence-electron chi connectivity index (χ0n) is 18.2. The summed E-state index contributed by atoms with van der Waals surface area (Å²) in [6.07, 6.45) is 0. The van der Waals surface area contributed by atoms with Gasteiger partial charge in [-0.1, -0.05) is 0 Å². The molecule has 1 aliphatic rings. The van der Waals surface area contributed by atoms with Crippen LogP contribution in [-0.2, 0) is 14.8 Å². The Balaban J connectivity index is 1.49. The highest BCUT2D eigenvalue weighted by molar-refractivity contribution is 7.92. The molecule has 2 N–H and O–H groups in total. The maximum Gasteiger partial charge on any atom is 0.265 e. The summed E-state index contributed by atoms with van der Waals surface area (Å²) in [7, 11) is -2.73. The zero-order valence-corrected chi connectivity index (χ0v) is 19.0. The summed E-state index contributed by atoms with van der Waals surface area (Å²) < 4.78 is 52.0. The highest BCUT2D eigenvalue weighted by atomic mass is 32.2. The van der Waals surface area contributed by atoms with Crippen LogP contribution >= 0.6 is 0 Å². The minimum Gasteiger partial charge on any atom is -0.495 e. The number of morpholine rings is 1. The molecule has 1 fully saturated rings. The zero-order chi connectivity index (χ0) is 23.4. The third-order valence-corrected chi connectivity index (χ3v) is 6.39. The van der Waals surface area contributed by atoms with Gasteiger partial charge in [-0.05, 0) is 49.4 Å². The van der Waals surface area contributed by atoms with E-state index in [1.807, 2.05) is 13.0 Å². The van der Waals surface area contributed by atoms with Gasteiger partial charge in [0, 0.05) is 36.2 Å². The van der Waals surface area contributed by atoms with Crippen molar-refractivity contribution in [1.29, 1.82) is 0 Å². The van der Waals surface area contributed by atoms with Crippen LogP contribution in [0.3, 0.4) is 0 Å². The van der Waals surface area contributed by atoms with Crippen molar-refractivity contribution in [1.82, 2.24) is 9.97 Å². The third-order valence-electron chi connectivity index (χ3n) is 4.98. The molecule has 174 valence electrons. The number of halogens is 1. The fraction of sp³-hybridized carbons (Fsp3) is 0.273. The lowest BCUT2D eigenvalue weighted by molar-refractivity contribution is 0.122. The van der Waals surface area contributed by atoms with Gasteiger partial charge in [0.25, 0.3) is 10.0 Å². The second-order valence-electron chi connectivity index (χ2n) is 7.39. The van der Waals surface area contributed by atoms with Gasteiger partial charge in [0.1, 0.15) is 22.3 Å². The van der Waals surface area contributed by atoms with Crippen molar-refractivity contribution in [3.8, 4) is 5.75 Å². The summed E-state index contributed by atoms with van der Waals surface area (Å²) in [5.74, 6) is 0.635. The van der Waals surface area contributed by atoms with Crippen LogP contribution in [0.2, 0.25) is 0 Å². The quantitative estimate of drug-likeness (QED) is 0.539. The molecule has 2 heterocycles. The fourth-order valence-electron chi connectivity index (χ4n) is 3.38. The number of sulfonamides is 1. The summed E-state index contributed by atoms with van der Waals surface area (Å²) in [5.41, 5.74) is 1.81. The van der Waals surface area contributed by atoms with Gasteiger partial charge in [0.15, 0.2) is 0 Å². The molecule has 0 unspecified atom stereocenters. The van der Waals surface area contributed by atoms with Crippen molar-refractivity contribution in [3.63, 3.8) is 0 Å². The van der Waals surface area contributed by atoms with E-state index in [0.717, 1.165) is 36.7 Å². The Morgan fingerprint density at radius 3 is 2.42 bits per heavy atom. The van der Waals surface area contributed by atoms with E-state index >= 15 is 0 Å². The van der Waals surface area contributed by atoms with Gasteiger partial charge in [0.05, 0.1) is 20.3 Å². The lowest BCUT2D eigenvalue weighted by Gasteiger charge is -2.28. The predicted molar refractivity (Wildman–Crippen MR) is 123 cm³/mol. The molecule has 0 spiro atoms. The summed E-state index contributed by atoms with van der Waals surface area (Å²) in [6, 6.07) is 11.8. The number of methoxy groups -OCH3 is 1. The van der Waals surface area contributed by atoms with Crippen LogP contribution in [-0.4, -0.2) is 51.8 Å². The van der Waals surface area contributed by atoms with E-state index in [9.17, 15) is 12.8 Å². The topological polar surface area (TPSA) is 106 Å². The number of ether oxygens (including phenoxy) is 2. The third kappa shape index (κ3) is 5.49. The monoisotopic (exact) mass is 473 g/mol. The molecular formula is C22H24FN5O4S. The molecule has 11 heteroatoms. The van der Waals surface area contributed by atoms with Gasteiger partial charge in [-0.25, -0.2) is 17.8 Å². The van der Waals surface area contributed by atoms with Gasteiger partial charge in [-0.2, -0.15) is 4.98 Å². The molecule has 1 aliphatic heterocycles. The van der Waals surface area contributed by atoms with E-state index in [-0.39, 0.29) is 10.6 Å². The largest absolute Gasteiger partial charge is 0.495 e. The first kappa shape index (κ1) is 22.7. The van der Waals surface area contributed by atoms with Gasteiger partial charge < -0.3 is 19.7 Å². The number of benzene rings is 2. The predicted octanol–water partition coefficient (Wildman–Crippen LogP) is 3.31. The number of hydrogen-bond acceptors (Lipinski definition) is 8. The first-order valence-corrected chi connectivity index (χ1v) is 11.7. The van der Waals surface area contributed by atoms with Crippen LogP contribution in [0.5, 0.6) is 5.75 Å². The van der Waals surface area contributed by atoms with Gasteiger partial charge in [-0.15, -0.1) is 0 Å². The van der Waals surface area contributed by atoms with Crippen LogP contribution in [0.1, 0.15) is 5.69 Å². The highest BCUT2D eigenvalue weighted by Crippen LogP contribution is 2.27. The molecule has 3 aromatic rings. The van der Waals surface area contributed by atoms with E-state index in [2.05, 4.69) is 24.9 Å². The Bertz CT molecular complexity index is 1230. The molecule has 1 saturated heterocycles. The van der Waals surface area contributed by atoms with Gasteiger partial charge in [-0.3, -0.25) is 4.72 Å². The number of anilines is 4. The summed E-state index contributed by atoms with van der Waals surface area (Å²) in [6.45, 7) is 4.74. The number of nitrogens with one attached hydrogen (secondary N) is 2. The molecule has 0 amide bonds. The average Bonchev–Trinajstić information content (AvgIpc) is 2.80. The molecule has 0 atom stereocenters. The SMILES string of the molecule is COc1ccc(F)cc1S(=O)(=O)Nc1ccc(Nc2nc(C)cc(N3CCOCC3)n2)cc1. The van der Waals surface area contributed by atoms with Crippen LogP contribution in [0, 0.1) is 12.7 Å². The molecule has 33 heavy (non-hydrogen) atoms. The summed E-state index contributed by atoms with van der Waals surface area (Å²) >= 11 is 0. The molecule has 1 aromatic heterocycles. The van der Waals surface area contributed by atoms with Gasteiger partial charge in [0.2, 0.25) is 5.95 Å². The Kier molecular flexibility index (Phi) is 6.61. The number of nitrogens with zero attached hydrogens (tertiary/aromatic N) is 3. The van der Waals surface area contributed by atoms with Crippen molar-refractivity contribution in [3.05, 3.63) is 60.0 Å². The van der Waals surface area contributed by atoms with Gasteiger partial charge >= 0.3 is 0 Å². The van der Waals surface area contributed by atoms with Crippen LogP contribution in [0.15, 0.2) is 53.4 Å². The minimum absolute atomic E-state index is 0.0508. The van der Waals surface area contributed by atoms with E-state index in [1.54, 1.807) is 24.3 Å². The number of rotatable bonds is 7. The normalized spacial score (nSPS) is 14.1. The Morgan fingerprint density at radius 2 is 1.73 bits per heavy atom. The van der Waals surface area contributed by atoms with Crippen LogP contribution < -0.4 is 19.7 Å². The van der Waals surface area contributed by atoms with E-state index in [1.165, 1.54) is 13.2 Å². The molecule has 0 radical (unpaired) electrons. The fourth-order valence-corrected chi connectivity index (χ4v) is 4.62. The lowest BCUT2D eigenvalue weighted by atomic mass is 10.3. The molecule has 0 aliphatic carbocycles. The molecule has 4 rings (SSSR count). The smallest absolute Gasteiger partial charge is 0.265 e. The lowest BCUT2D eigenvalue weighted by Crippen LogP contribution is -2.36. The van der Waals surface area contributed by atoms with Crippen molar-refractivity contribution in [2.75, 3.05) is 48.4 Å². The molecule has 0 saturated carbocycles. The first-order chi connectivity index (χ1) is 15.8. The van der Waals surface area contributed by atoms with E-state index in [0.29, 0.717) is 30.5 Å². The van der Waals surface area contributed by atoms with Crippen molar-refractivity contribution in [2.24, 2.45) is 0 Å². The van der Waals surface area contributed by atoms with Crippen molar-refractivity contribution >= 4 is 33.2 Å². The number of hydrogen-bond donors (Lipinski definition) is 2. The maximum atomic E-state index is 13.6. The second kappa shape index (κ2) is 9.59.